The van der Waals surface area contributed by atoms with Crippen molar-refractivity contribution in [1.29, 1.82) is 0 Å². The number of fused-ring (bicyclic) bond motifs is 2. The van der Waals surface area contributed by atoms with Gasteiger partial charge in [0.1, 0.15) is 11.6 Å². The van der Waals surface area contributed by atoms with Crippen molar-refractivity contribution in [2.24, 2.45) is 0 Å². The number of hydrogen-bond acceptors (Lipinski definition) is 4. The summed E-state index contributed by atoms with van der Waals surface area (Å²) >= 11 is 27.1. The minimum absolute atomic E-state index is 0.0388. The summed E-state index contributed by atoms with van der Waals surface area (Å²) in [4.78, 5) is 45.4. The molecular weight excluding hydrogens is 975 g/mol. The van der Waals surface area contributed by atoms with Gasteiger partial charge in [0.25, 0.3) is 11.8 Å². The van der Waals surface area contributed by atoms with Crippen LogP contribution in [0.15, 0.2) is 140 Å². The van der Waals surface area contributed by atoms with Crippen molar-refractivity contribution in [2.75, 3.05) is 0 Å². The third-order valence-corrected chi connectivity index (χ3v) is 15.3. The second kappa shape index (κ2) is 19.4. The van der Waals surface area contributed by atoms with Crippen LogP contribution in [0.5, 0.6) is 0 Å². The zero-order chi connectivity index (χ0) is 48.8. The molecule has 6 aromatic carbocycles. The number of rotatable bonds is 11. The molecule has 2 amide bonds. The Hall–Kier alpha value is -5.85. The van der Waals surface area contributed by atoms with Gasteiger partial charge in [-0.15, -0.1) is 0 Å². The molecular formula is C55H47Cl4F3N6O2. The molecule has 8 nitrogen and oxygen atoms in total. The van der Waals surface area contributed by atoms with Crippen molar-refractivity contribution in [3.05, 3.63) is 176 Å². The van der Waals surface area contributed by atoms with Crippen LogP contribution in [-0.4, -0.2) is 43.0 Å². The number of benzene rings is 6. The lowest BCUT2D eigenvalue weighted by atomic mass is 9.64. The van der Waals surface area contributed by atoms with E-state index in [1.54, 1.807) is 94.1 Å². The van der Waals surface area contributed by atoms with Gasteiger partial charge in [0.15, 0.2) is 11.1 Å². The van der Waals surface area contributed by atoms with E-state index in [2.05, 4.69) is 10.6 Å². The Morgan fingerprint density at radius 3 is 1.31 bits per heavy atom. The predicted octanol–water partition coefficient (Wildman–Crippen LogP) is 14.4. The molecule has 2 aliphatic rings. The summed E-state index contributed by atoms with van der Waals surface area (Å²) in [6.07, 6.45) is 3.05. The maximum absolute atomic E-state index is 17.4. The lowest BCUT2D eigenvalue weighted by Crippen LogP contribution is -2.71. The molecule has 70 heavy (non-hydrogen) atoms. The summed E-state index contributed by atoms with van der Waals surface area (Å²) in [6, 6.07) is 37.1. The molecule has 0 saturated heterocycles. The molecule has 2 aliphatic carbocycles. The van der Waals surface area contributed by atoms with Gasteiger partial charge in [-0.2, -0.15) is 13.2 Å². The lowest BCUT2D eigenvalue weighted by Gasteiger charge is -2.52. The fourth-order valence-corrected chi connectivity index (χ4v) is 11.4. The average molecular weight is 1020 g/mol. The highest BCUT2D eigenvalue weighted by molar-refractivity contribution is 6.42. The van der Waals surface area contributed by atoms with E-state index >= 15 is 9.59 Å². The van der Waals surface area contributed by atoms with Crippen molar-refractivity contribution in [3.63, 3.8) is 0 Å². The van der Waals surface area contributed by atoms with Gasteiger partial charge in [0, 0.05) is 33.3 Å². The molecule has 8 aromatic rings. The van der Waals surface area contributed by atoms with Crippen molar-refractivity contribution >= 4 is 80.3 Å². The first-order valence-electron chi connectivity index (χ1n) is 23.5. The molecule has 0 radical (unpaired) electrons. The Labute approximate surface area is 423 Å². The van der Waals surface area contributed by atoms with Crippen LogP contribution in [-0.2, 0) is 26.8 Å². The molecule has 2 aromatic heterocycles. The fourth-order valence-electron chi connectivity index (χ4n) is 10.8. The second-order valence-electron chi connectivity index (χ2n) is 18.3. The number of nitrogens with one attached hydrogen (secondary N) is 2. The van der Waals surface area contributed by atoms with Crippen LogP contribution in [0, 0.1) is 0 Å². The van der Waals surface area contributed by atoms with Gasteiger partial charge in [-0.05, 0) is 134 Å². The largest absolute Gasteiger partial charge is 0.416 e. The molecule has 0 aliphatic heterocycles. The summed E-state index contributed by atoms with van der Waals surface area (Å²) in [6.45, 7) is 0. The van der Waals surface area contributed by atoms with Crippen LogP contribution in [0.2, 0.25) is 20.1 Å². The lowest BCUT2D eigenvalue weighted by molar-refractivity contribution is -0.144. The third kappa shape index (κ3) is 8.42. The summed E-state index contributed by atoms with van der Waals surface area (Å²) in [5.74, 6) is -0.845. The maximum atomic E-state index is 17.4. The zero-order valence-electron chi connectivity index (χ0n) is 37.8. The van der Waals surface area contributed by atoms with Gasteiger partial charge in [-0.1, -0.05) is 127 Å². The topological polar surface area (TPSA) is 93.8 Å². The number of aromatic nitrogens is 4. The van der Waals surface area contributed by atoms with Gasteiger partial charge in [-0.3, -0.25) is 9.59 Å². The molecule has 2 saturated carbocycles. The number of carbonyl (C=O) groups excluding carboxylic acids is 2. The molecule has 2 atom stereocenters. The molecule has 358 valence electrons. The van der Waals surface area contributed by atoms with E-state index in [-0.39, 0.29) is 44.9 Å². The number of imidazole rings is 2. The molecule has 2 fully saturated rings. The molecule has 10 rings (SSSR count). The maximum Gasteiger partial charge on any atom is 0.416 e. The second-order valence-corrected chi connectivity index (χ2v) is 20.0. The van der Waals surface area contributed by atoms with Crippen LogP contribution in [0.1, 0.15) is 80.9 Å². The van der Waals surface area contributed by atoms with Gasteiger partial charge in [-0.25, -0.2) is 9.97 Å². The highest BCUT2D eigenvalue weighted by Gasteiger charge is 2.68. The van der Waals surface area contributed by atoms with E-state index in [4.69, 9.17) is 56.4 Å². The van der Waals surface area contributed by atoms with Crippen LogP contribution in [0.4, 0.5) is 13.2 Å². The van der Waals surface area contributed by atoms with Crippen molar-refractivity contribution in [2.45, 2.75) is 93.5 Å². The SMILES string of the molecule is O=C(NC1CCCCC1)C(c1ccc(C(F)(F)F)cc1)(n1c(-c2ccc(Cl)cc2)nc2ccccc21)C(C(=O)NC1CCCCC1)(c1ccc(Cl)c(Cl)c1)n1c(-c2ccc(Cl)cc2)nc2ccccc21. The smallest absolute Gasteiger partial charge is 0.351 e. The first-order valence-corrected chi connectivity index (χ1v) is 25.0. The highest BCUT2D eigenvalue weighted by Crippen LogP contribution is 2.55. The van der Waals surface area contributed by atoms with Gasteiger partial charge < -0.3 is 19.8 Å². The van der Waals surface area contributed by atoms with E-state index < -0.39 is 34.6 Å². The highest BCUT2D eigenvalue weighted by atomic mass is 35.5. The Morgan fingerprint density at radius 1 is 0.486 bits per heavy atom. The van der Waals surface area contributed by atoms with E-state index in [9.17, 15) is 13.2 Å². The standard InChI is InChI=1S/C55H47Cl4F3N6O2/c56-39-28-19-34(20-29-39)49-65-45-15-7-9-17-47(45)67(49)53(51(69)63-41-11-3-1-4-12-41,36-23-25-37(26-24-36)55(60,61)62)54(38-27-32-43(58)44(59)33-38,52(70)64-42-13-5-2-6-14-42)68-48-18-10-8-16-46(48)66-50(68)35-21-30-40(57)31-22-35/h7-10,15-33,41-42H,1-6,11-14H2,(H,63,69)(H,64,70). The zero-order valence-corrected chi connectivity index (χ0v) is 40.8. The Balaban J connectivity index is 1.50. The van der Waals surface area contributed by atoms with Crippen LogP contribution in [0.25, 0.3) is 44.8 Å². The summed E-state index contributed by atoms with van der Waals surface area (Å²) in [5.41, 5.74) is -2.88. The fraction of sp³-hybridized carbons (Fsp3) is 0.273. The van der Waals surface area contributed by atoms with Crippen LogP contribution >= 0.6 is 46.4 Å². The molecule has 0 bridgehead atoms. The molecule has 0 spiro atoms. The summed E-state index contributed by atoms with van der Waals surface area (Å²) in [7, 11) is 0. The molecule has 2 heterocycles. The van der Waals surface area contributed by atoms with Crippen molar-refractivity contribution in [1.82, 2.24) is 29.7 Å². The molecule has 15 heteroatoms. The minimum Gasteiger partial charge on any atom is -0.351 e. The van der Waals surface area contributed by atoms with E-state index in [0.29, 0.717) is 68.9 Å². The number of alkyl halides is 3. The molecule has 2 N–H and O–H groups in total. The van der Waals surface area contributed by atoms with Gasteiger partial charge in [0.2, 0.25) is 0 Å². The number of halogens is 7. The van der Waals surface area contributed by atoms with Crippen LogP contribution < -0.4 is 10.6 Å². The summed E-state index contributed by atoms with van der Waals surface area (Å²) in [5, 5.41) is 8.05. The summed E-state index contributed by atoms with van der Waals surface area (Å²) < 4.78 is 48.2. The monoisotopic (exact) mass is 1020 g/mol. The van der Waals surface area contributed by atoms with Gasteiger partial charge in [0.05, 0.1) is 37.7 Å². The molecule has 2 unspecified atom stereocenters. The normalized spacial score (nSPS) is 16.7. The van der Waals surface area contributed by atoms with E-state index in [0.717, 1.165) is 50.7 Å². The quantitative estimate of drug-likeness (QED) is 0.135. The number of para-hydroxylation sites is 4. The number of carbonyl (C=O) groups is 2. The number of nitrogens with zero attached hydrogens (tertiary/aromatic N) is 4. The first kappa shape index (κ1) is 47.8. The first-order chi connectivity index (χ1) is 33.8. The predicted molar refractivity (Wildman–Crippen MR) is 272 cm³/mol. The van der Waals surface area contributed by atoms with E-state index in [1.807, 2.05) is 30.3 Å². The van der Waals surface area contributed by atoms with Crippen LogP contribution in [0.3, 0.4) is 0 Å². The Morgan fingerprint density at radius 2 is 0.886 bits per heavy atom. The Kier molecular flexibility index (Phi) is 13.2. The average Bonchev–Trinajstić information content (AvgIpc) is 3.95. The van der Waals surface area contributed by atoms with Crippen molar-refractivity contribution < 1.29 is 22.8 Å². The van der Waals surface area contributed by atoms with Gasteiger partial charge >= 0.3 is 6.18 Å². The minimum atomic E-state index is -4.76. The number of amides is 2. The van der Waals surface area contributed by atoms with E-state index in [1.165, 1.54) is 12.1 Å². The van der Waals surface area contributed by atoms with Crippen molar-refractivity contribution in [3.8, 4) is 22.8 Å². The Bertz CT molecular complexity index is 3220. The number of hydrogen-bond donors (Lipinski definition) is 2. The third-order valence-electron chi connectivity index (χ3n) is 14.0.